The molecule has 0 aromatic heterocycles. The Labute approximate surface area is 239 Å². The Kier molecular flexibility index (Phi) is 7.88. The first kappa shape index (κ1) is 27.6. The maximum Gasteiger partial charge on any atom is 0.336 e. The van der Waals surface area contributed by atoms with Crippen molar-refractivity contribution in [3.05, 3.63) is 124 Å². The molecule has 1 heterocycles. The number of amidine groups is 1. The first-order chi connectivity index (χ1) is 19.7. The first-order valence-corrected chi connectivity index (χ1v) is 13.8. The van der Waals surface area contributed by atoms with E-state index in [1.807, 2.05) is 74.5 Å². The van der Waals surface area contributed by atoms with Crippen molar-refractivity contribution in [2.75, 3.05) is 11.9 Å². The summed E-state index contributed by atoms with van der Waals surface area (Å²) in [6.07, 6.45) is 0.716. The molecule has 2 atom stereocenters. The summed E-state index contributed by atoms with van der Waals surface area (Å²) in [5, 5.41) is 24.6. The summed E-state index contributed by atoms with van der Waals surface area (Å²) in [6, 6.07) is 28.6. The predicted octanol–water partition coefficient (Wildman–Crippen LogP) is 6.41. The molecular weight excluding hydrogens is 512 g/mol. The Hall–Kier alpha value is -4.91. The molecule has 41 heavy (non-hydrogen) atoms. The number of fused-ring (bicyclic) bond motifs is 1. The molecule has 0 aliphatic carbocycles. The maximum absolute atomic E-state index is 12.7. The summed E-state index contributed by atoms with van der Waals surface area (Å²) < 4.78 is 0. The number of carbonyl (C=O) groups is 2. The zero-order valence-electron chi connectivity index (χ0n) is 23.1. The fourth-order valence-corrected chi connectivity index (χ4v) is 5.51. The second kappa shape index (κ2) is 11.7. The summed E-state index contributed by atoms with van der Waals surface area (Å²) in [5.74, 6) is -1.03. The van der Waals surface area contributed by atoms with E-state index in [0.29, 0.717) is 29.7 Å². The zero-order valence-corrected chi connectivity index (χ0v) is 23.1. The number of nitrogen functional groups attached to an aromatic ring is 1. The van der Waals surface area contributed by atoms with E-state index in [4.69, 9.17) is 11.1 Å². The molecule has 4 aromatic carbocycles. The van der Waals surface area contributed by atoms with Crippen molar-refractivity contribution >= 4 is 23.4 Å². The highest BCUT2D eigenvalue weighted by atomic mass is 16.4. The summed E-state index contributed by atoms with van der Waals surface area (Å²) in [5.41, 5.74) is 12.4. The Balaban J connectivity index is 1.57. The number of nitrogens with one attached hydrogen (secondary N) is 3. The molecule has 0 bridgehead atoms. The molecule has 0 unspecified atom stereocenters. The van der Waals surface area contributed by atoms with Crippen molar-refractivity contribution in [2.24, 2.45) is 11.7 Å². The maximum atomic E-state index is 12.7. The normalized spacial score (nSPS) is 16.0. The third kappa shape index (κ3) is 5.84. The predicted molar refractivity (Wildman–Crippen MR) is 163 cm³/mol. The van der Waals surface area contributed by atoms with Crippen LogP contribution in [0.1, 0.15) is 75.2 Å². The minimum Gasteiger partial charge on any atom is -0.478 e. The minimum absolute atomic E-state index is 0.0228. The van der Waals surface area contributed by atoms with Crippen LogP contribution in [0.2, 0.25) is 0 Å². The number of hydrogen-bond acceptors (Lipinski definition) is 4. The van der Waals surface area contributed by atoms with Crippen LogP contribution < -0.4 is 16.4 Å². The summed E-state index contributed by atoms with van der Waals surface area (Å²) >= 11 is 0. The van der Waals surface area contributed by atoms with E-state index >= 15 is 0 Å². The lowest BCUT2D eigenvalue weighted by atomic mass is 9.78. The molecule has 0 radical (unpaired) electrons. The van der Waals surface area contributed by atoms with Crippen molar-refractivity contribution in [2.45, 2.75) is 32.2 Å². The van der Waals surface area contributed by atoms with Gasteiger partial charge >= 0.3 is 5.97 Å². The van der Waals surface area contributed by atoms with Gasteiger partial charge in [-0.3, -0.25) is 10.2 Å². The van der Waals surface area contributed by atoms with Gasteiger partial charge in [0.1, 0.15) is 5.84 Å². The molecule has 1 aliphatic rings. The summed E-state index contributed by atoms with van der Waals surface area (Å²) in [6.45, 7) is 4.52. The van der Waals surface area contributed by atoms with Crippen molar-refractivity contribution in [3.63, 3.8) is 0 Å². The monoisotopic (exact) mass is 546 g/mol. The molecule has 0 spiro atoms. The molecule has 7 heteroatoms. The molecule has 0 saturated heterocycles. The van der Waals surface area contributed by atoms with Crippen LogP contribution in [-0.2, 0) is 0 Å². The van der Waals surface area contributed by atoms with Crippen LogP contribution in [0.25, 0.3) is 11.1 Å². The Morgan fingerprint density at radius 3 is 2.34 bits per heavy atom. The lowest BCUT2D eigenvalue weighted by Crippen LogP contribution is -2.27. The second-order valence-electron chi connectivity index (χ2n) is 10.9. The zero-order chi connectivity index (χ0) is 29.1. The van der Waals surface area contributed by atoms with Gasteiger partial charge < -0.3 is 21.5 Å². The van der Waals surface area contributed by atoms with E-state index in [9.17, 15) is 14.7 Å². The average molecular weight is 547 g/mol. The molecule has 1 aliphatic heterocycles. The van der Waals surface area contributed by atoms with Crippen LogP contribution in [0.4, 0.5) is 5.69 Å². The number of carbonyl (C=O) groups excluding carboxylic acids is 1. The summed E-state index contributed by atoms with van der Waals surface area (Å²) in [4.78, 5) is 25.1. The lowest BCUT2D eigenvalue weighted by molar-refractivity contribution is 0.0697. The van der Waals surface area contributed by atoms with Crippen LogP contribution >= 0.6 is 0 Å². The van der Waals surface area contributed by atoms with E-state index in [2.05, 4.69) is 22.8 Å². The van der Waals surface area contributed by atoms with Gasteiger partial charge in [-0.15, -0.1) is 0 Å². The van der Waals surface area contributed by atoms with Gasteiger partial charge in [0, 0.05) is 29.3 Å². The highest BCUT2D eigenvalue weighted by Crippen LogP contribution is 2.46. The number of amides is 1. The fraction of sp³-hybridized carbons (Fsp3) is 0.206. The number of aromatic carboxylic acids is 1. The number of carboxylic acids is 1. The van der Waals surface area contributed by atoms with E-state index in [1.54, 1.807) is 12.1 Å². The lowest BCUT2D eigenvalue weighted by Gasteiger charge is -2.35. The number of benzene rings is 4. The van der Waals surface area contributed by atoms with Crippen LogP contribution in [0, 0.1) is 11.3 Å². The molecule has 4 aromatic rings. The van der Waals surface area contributed by atoms with Crippen molar-refractivity contribution in [1.29, 1.82) is 5.41 Å². The third-order valence-electron chi connectivity index (χ3n) is 7.55. The van der Waals surface area contributed by atoms with Gasteiger partial charge in [-0.05, 0) is 70.5 Å². The SMILES string of the molecule is CC(C)CNC(=O)c1ccc(-c2ccccc2[C@@H]2C[C@H](c3ccccc3)c3cc(C(=N)N)ccc3N2)c(C(=O)O)c1. The molecule has 7 nitrogen and oxygen atoms in total. The van der Waals surface area contributed by atoms with Crippen LogP contribution in [0.3, 0.4) is 0 Å². The van der Waals surface area contributed by atoms with Gasteiger partial charge in [-0.2, -0.15) is 0 Å². The van der Waals surface area contributed by atoms with Gasteiger partial charge in [0.2, 0.25) is 0 Å². The first-order valence-electron chi connectivity index (χ1n) is 13.8. The number of hydrogen-bond donors (Lipinski definition) is 5. The molecule has 1 amide bonds. The van der Waals surface area contributed by atoms with Crippen molar-refractivity contribution in [3.8, 4) is 11.1 Å². The van der Waals surface area contributed by atoms with Crippen LogP contribution in [-0.4, -0.2) is 29.4 Å². The molecule has 5 rings (SSSR count). The molecular formula is C34H34N4O3. The topological polar surface area (TPSA) is 128 Å². The van der Waals surface area contributed by atoms with E-state index in [0.717, 1.165) is 27.9 Å². The Morgan fingerprint density at radius 1 is 0.927 bits per heavy atom. The van der Waals surface area contributed by atoms with Gasteiger partial charge in [0.05, 0.1) is 11.6 Å². The standard InChI is InChI=1S/C34H34N4O3/c1-20(2)19-37-33(39)23-12-14-25(29(17-23)34(40)41)24-10-6-7-11-26(24)31-18-27(21-8-4-3-5-9-21)28-16-22(32(35)36)13-15-30(28)38-31/h3-17,20,27,31,38H,18-19H2,1-2H3,(H3,35,36)(H,37,39)(H,40,41)/t27-,31+/m1/s1. The highest BCUT2D eigenvalue weighted by Gasteiger charge is 2.31. The second-order valence-corrected chi connectivity index (χ2v) is 10.9. The van der Waals surface area contributed by atoms with Gasteiger partial charge in [0.15, 0.2) is 0 Å². The molecule has 0 saturated carbocycles. The molecule has 208 valence electrons. The van der Waals surface area contributed by atoms with Crippen molar-refractivity contribution in [1.82, 2.24) is 5.32 Å². The van der Waals surface area contributed by atoms with Crippen LogP contribution in [0.5, 0.6) is 0 Å². The highest BCUT2D eigenvalue weighted by molar-refractivity contribution is 6.02. The number of nitrogens with two attached hydrogens (primary N) is 1. The average Bonchev–Trinajstić information content (AvgIpc) is 2.99. The Morgan fingerprint density at radius 2 is 1.63 bits per heavy atom. The summed E-state index contributed by atoms with van der Waals surface area (Å²) in [7, 11) is 0. The van der Waals surface area contributed by atoms with Crippen molar-refractivity contribution < 1.29 is 14.7 Å². The fourth-order valence-electron chi connectivity index (χ4n) is 5.51. The van der Waals surface area contributed by atoms with Gasteiger partial charge in [0.25, 0.3) is 5.91 Å². The third-order valence-corrected chi connectivity index (χ3v) is 7.55. The minimum atomic E-state index is -1.09. The van der Waals surface area contributed by atoms with Crippen LogP contribution in [0.15, 0.2) is 91.0 Å². The Bertz CT molecular complexity index is 1610. The molecule has 6 N–H and O–H groups in total. The largest absolute Gasteiger partial charge is 0.478 e. The smallest absolute Gasteiger partial charge is 0.336 e. The van der Waals surface area contributed by atoms with Gasteiger partial charge in [-0.25, -0.2) is 4.79 Å². The van der Waals surface area contributed by atoms with E-state index in [-0.39, 0.29) is 35.2 Å². The molecule has 0 fully saturated rings. The number of anilines is 1. The van der Waals surface area contributed by atoms with E-state index in [1.165, 1.54) is 6.07 Å². The van der Waals surface area contributed by atoms with E-state index < -0.39 is 5.97 Å². The quantitative estimate of drug-likeness (QED) is 0.129. The number of carboxylic acid groups (broad SMARTS) is 1. The van der Waals surface area contributed by atoms with Gasteiger partial charge in [-0.1, -0.05) is 74.5 Å². The number of rotatable bonds is 8.